The fourth-order valence-electron chi connectivity index (χ4n) is 3.51. The van der Waals surface area contributed by atoms with Gasteiger partial charge in [0.15, 0.2) is 0 Å². The molecule has 2 aromatic heterocycles. The van der Waals surface area contributed by atoms with E-state index in [1.165, 1.54) is 12.3 Å². The predicted molar refractivity (Wildman–Crippen MR) is 110 cm³/mol. The van der Waals surface area contributed by atoms with Crippen LogP contribution in [0.4, 0.5) is 5.69 Å². The standard InChI is InChI=1S/C19H19Cl2N5O2/c20-13-2-4-15(16(21)10-13)19-17(12-24-8-1-6-22-7-9-24)25-11-14(26(27)28)3-5-18(25)23-19/h2-5,10-11,22H,1,6-9,12H2. The number of pyridine rings is 1. The minimum Gasteiger partial charge on any atom is -0.315 e. The zero-order valence-corrected chi connectivity index (χ0v) is 16.6. The summed E-state index contributed by atoms with van der Waals surface area (Å²) >= 11 is 12.5. The normalized spacial score (nSPS) is 15.6. The third-order valence-electron chi connectivity index (χ3n) is 4.90. The van der Waals surface area contributed by atoms with Gasteiger partial charge < -0.3 is 5.32 Å². The average Bonchev–Trinajstić information content (AvgIpc) is 2.83. The quantitative estimate of drug-likeness (QED) is 0.510. The Morgan fingerprint density at radius 1 is 1.18 bits per heavy atom. The molecule has 0 bridgehead atoms. The lowest BCUT2D eigenvalue weighted by Gasteiger charge is -2.20. The van der Waals surface area contributed by atoms with Gasteiger partial charge in [0.25, 0.3) is 5.69 Å². The molecule has 1 fully saturated rings. The van der Waals surface area contributed by atoms with Crippen molar-refractivity contribution in [2.75, 3.05) is 26.2 Å². The van der Waals surface area contributed by atoms with Gasteiger partial charge >= 0.3 is 0 Å². The van der Waals surface area contributed by atoms with Crippen molar-refractivity contribution in [2.45, 2.75) is 13.0 Å². The third kappa shape index (κ3) is 3.84. The van der Waals surface area contributed by atoms with Crippen molar-refractivity contribution in [1.29, 1.82) is 0 Å². The minimum atomic E-state index is -0.395. The summed E-state index contributed by atoms with van der Waals surface area (Å²) in [5.74, 6) is 0. The van der Waals surface area contributed by atoms with Crippen LogP contribution in [0.2, 0.25) is 10.0 Å². The number of fused-ring (bicyclic) bond motifs is 1. The number of hydrogen-bond acceptors (Lipinski definition) is 5. The maximum Gasteiger partial charge on any atom is 0.286 e. The zero-order chi connectivity index (χ0) is 19.7. The molecule has 7 nitrogen and oxygen atoms in total. The lowest BCUT2D eigenvalue weighted by Crippen LogP contribution is -2.28. The van der Waals surface area contributed by atoms with Crippen molar-refractivity contribution >= 4 is 34.5 Å². The van der Waals surface area contributed by atoms with Crippen molar-refractivity contribution in [2.24, 2.45) is 0 Å². The maximum atomic E-state index is 11.3. The van der Waals surface area contributed by atoms with Crippen LogP contribution in [-0.2, 0) is 6.54 Å². The van der Waals surface area contributed by atoms with Crippen molar-refractivity contribution < 1.29 is 4.92 Å². The number of benzene rings is 1. The van der Waals surface area contributed by atoms with Crippen LogP contribution in [0.3, 0.4) is 0 Å². The molecule has 4 rings (SSSR count). The van der Waals surface area contributed by atoms with Crippen molar-refractivity contribution in [3.05, 3.63) is 62.4 Å². The average molecular weight is 420 g/mol. The van der Waals surface area contributed by atoms with E-state index < -0.39 is 4.92 Å². The second-order valence-electron chi connectivity index (χ2n) is 6.78. The topological polar surface area (TPSA) is 75.7 Å². The molecule has 1 aliphatic heterocycles. The van der Waals surface area contributed by atoms with Crippen molar-refractivity contribution in [3.8, 4) is 11.3 Å². The number of hydrogen-bond donors (Lipinski definition) is 1. The molecule has 0 saturated carbocycles. The van der Waals surface area contributed by atoms with Crippen LogP contribution in [0.25, 0.3) is 16.9 Å². The lowest BCUT2D eigenvalue weighted by molar-refractivity contribution is -0.385. The molecular formula is C19H19Cl2N5O2. The van der Waals surface area contributed by atoms with Crippen LogP contribution in [0, 0.1) is 10.1 Å². The van der Waals surface area contributed by atoms with E-state index in [4.69, 9.17) is 28.2 Å². The highest BCUT2D eigenvalue weighted by molar-refractivity contribution is 6.36. The first-order valence-electron chi connectivity index (χ1n) is 9.07. The second kappa shape index (κ2) is 8.05. The molecule has 28 heavy (non-hydrogen) atoms. The Kier molecular flexibility index (Phi) is 5.50. The number of imidazole rings is 1. The van der Waals surface area contributed by atoms with E-state index in [9.17, 15) is 10.1 Å². The molecule has 0 unspecified atom stereocenters. The number of rotatable bonds is 4. The fourth-order valence-corrected chi connectivity index (χ4v) is 4.01. The molecule has 0 radical (unpaired) electrons. The summed E-state index contributed by atoms with van der Waals surface area (Å²) in [4.78, 5) is 17.9. The first-order valence-corrected chi connectivity index (χ1v) is 9.82. The molecule has 1 saturated heterocycles. The summed E-state index contributed by atoms with van der Waals surface area (Å²) in [6.07, 6.45) is 2.58. The van der Waals surface area contributed by atoms with Gasteiger partial charge in [-0.05, 0) is 43.8 Å². The van der Waals surface area contributed by atoms with E-state index in [1.54, 1.807) is 22.6 Å². The Bertz CT molecular complexity index is 1030. The van der Waals surface area contributed by atoms with E-state index in [1.807, 2.05) is 6.07 Å². The van der Waals surface area contributed by atoms with Gasteiger partial charge in [0.2, 0.25) is 0 Å². The van der Waals surface area contributed by atoms with Crippen molar-refractivity contribution in [3.63, 3.8) is 0 Å². The number of aromatic nitrogens is 2. The Labute approximate surface area is 172 Å². The summed E-state index contributed by atoms with van der Waals surface area (Å²) in [5, 5.41) is 15.7. The van der Waals surface area contributed by atoms with E-state index in [0.29, 0.717) is 22.2 Å². The minimum absolute atomic E-state index is 0.0254. The first kappa shape index (κ1) is 19.1. The van der Waals surface area contributed by atoms with Gasteiger partial charge in [-0.2, -0.15) is 0 Å². The molecule has 1 N–H and O–H groups in total. The highest BCUT2D eigenvalue weighted by atomic mass is 35.5. The van der Waals surface area contributed by atoms with Crippen LogP contribution in [0.1, 0.15) is 12.1 Å². The summed E-state index contributed by atoms with van der Waals surface area (Å²) in [6.45, 7) is 4.37. The molecule has 3 aromatic rings. The smallest absolute Gasteiger partial charge is 0.286 e. The molecule has 0 amide bonds. The molecule has 0 spiro atoms. The van der Waals surface area contributed by atoms with Crippen LogP contribution < -0.4 is 5.32 Å². The van der Waals surface area contributed by atoms with Crippen LogP contribution in [0.5, 0.6) is 0 Å². The molecule has 0 aliphatic carbocycles. The Morgan fingerprint density at radius 2 is 2.04 bits per heavy atom. The van der Waals surface area contributed by atoms with Gasteiger partial charge in [-0.15, -0.1) is 0 Å². The van der Waals surface area contributed by atoms with Crippen LogP contribution >= 0.6 is 23.2 Å². The summed E-state index contributed by atoms with van der Waals surface area (Å²) < 4.78 is 1.80. The zero-order valence-electron chi connectivity index (χ0n) is 15.1. The molecule has 9 heteroatoms. The second-order valence-corrected chi connectivity index (χ2v) is 7.63. The van der Waals surface area contributed by atoms with Gasteiger partial charge in [-0.1, -0.05) is 23.2 Å². The molecule has 1 aromatic carbocycles. The van der Waals surface area contributed by atoms with Crippen LogP contribution in [0.15, 0.2) is 36.5 Å². The van der Waals surface area contributed by atoms with Crippen LogP contribution in [-0.4, -0.2) is 45.4 Å². The fraction of sp³-hybridized carbons (Fsp3) is 0.316. The van der Waals surface area contributed by atoms with E-state index >= 15 is 0 Å². The molecule has 1 aliphatic rings. The number of nitro groups is 1. The lowest BCUT2D eigenvalue weighted by atomic mass is 10.1. The number of halogens is 2. The van der Waals surface area contributed by atoms with E-state index in [-0.39, 0.29) is 5.69 Å². The van der Waals surface area contributed by atoms with E-state index in [2.05, 4.69) is 10.2 Å². The molecule has 3 heterocycles. The van der Waals surface area contributed by atoms with Crippen molar-refractivity contribution in [1.82, 2.24) is 19.6 Å². The first-order chi connectivity index (χ1) is 13.5. The van der Waals surface area contributed by atoms with Gasteiger partial charge in [0, 0.05) is 36.3 Å². The highest BCUT2D eigenvalue weighted by Crippen LogP contribution is 2.33. The summed E-state index contributed by atoms with van der Waals surface area (Å²) in [5.41, 5.74) is 3.04. The Hall–Kier alpha value is -2.19. The van der Waals surface area contributed by atoms with Gasteiger partial charge in [0.1, 0.15) is 5.65 Å². The number of nitrogens with zero attached hydrogens (tertiary/aromatic N) is 4. The Balaban J connectivity index is 1.86. The monoisotopic (exact) mass is 419 g/mol. The Morgan fingerprint density at radius 3 is 2.82 bits per heavy atom. The largest absolute Gasteiger partial charge is 0.315 e. The number of nitrogens with one attached hydrogen (secondary N) is 1. The van der Waals surface area contributed by atoms with E-state index in [0.717, 1.165) is 49.6 Å². The predicted octanol–water partition coefficient (Wildman–Crippen LogP) is 4.01. The van der Waals surface area contributed by atoms with Gasteiger partial charge in [0.05, 0.1) is 27.5 Å². The SMILES string of the molecule is O=[N+]([O-])c1ccc2nc(-c3ccc(Cl)cc3Cl)c(CN3CCCNCC3)n2c1. The summed E-state index contributed by atoms with van der Waals surface area (Å²) in [7, 11) is 0. The van der Waals surface area contributed by atoms with Gasteiger partial charge in [-0.25, -0.2) is 4.98 Å². The molecule has 146 valence electrons. The third-order valence-corrected chi connectivity index (χ3v) is 5.45. The summed E-state index contributed by atoms with van der Waals surface area (Å²) in [6, 6.07) is 8.43. The maximum absolute atomic E-state index is 11.3. The molecule has 0 atom stereocenters. The van der Waals surface area contributed by atoms with Gasteiger partial charge in [-0.3, -0.25) is 19.4 Å². The molecular weight excluding hydrogens is 401 g/mol. The highest BCUT2D eigenvalue weighted by Gasteiger charge is 2.21.